The molecule has 0 aromatic heterocycles. The molecule has 1 fully saturated rings. The lowest BCUT2D eigenvalue weighted by Crippen LogP contribution is -2.52. The molecule has 1 aliphatic heterocycles. The van der Waals surface area contributed by atoms with Gasteiger partial charge in [0.05, 0.1) is 20.3 Å². The third kappa shape index (κ3) is 4.25. The molecule has 2 nitrogen and oxygen atoms in total. The fourth-order valence-electron chi connectivity index (χ4n) is 1.92. The van der Waals surface area contributed by atoms with Gasteiger partial charge in [-0.2, -0.15) is 0 Å². The Labute approximate surface area is 83.3 Å². The summed E-state index contributed by atoms with van der Waals surface area (Å²) in [5.74, 6) is 0. The Balaban J connectivity index is 2.44. The van der Waals surface area contributed by atoms with Crippen LogP contribution in [0.3, 0.4) is 0 Å². The van der Waals surface area contributed by atoms with Crippen LogP contribution in [0.25, 0.3) is 0 Å². The molecule has 0 N–H and O–H groups in total. The van der Waals surface area contributed by atoms with Crippen molar-refractivity contribution in [3.63, 3.8) is 0 Å². The van der Waals surface area contributed by atoms with E-state index in [1.807, 2.05) is 0 Å². The molecule has 0 unspecified atom stereocenters. The Morgan fingerprint density at radius 3 is 2.38 bits per heavy atom. The van der Waals surface area contributed by atoms with Crippen LogP contribution in [0.2, 0.25) is 19.6 Å². The maximum Gasteiger partial charge on any atom is 0.0753 e. The quantitative estimate of drug-likeness (QED) is 0.633. The van der Waals surface area contributed by atoms with Crippen LogP contribution in [0.15, 0.2) is 0 Å². The third-order valence-corrected chi connectivity index (χ3v) is 3.60. The van der Waals surface area contributed by atoms with Crippen LogP contribution < -0.4 is 0 Å². The maximum atomic E-state index is 5.68. The summed E-state index contributed by atoms with van der Waals surface area (Å²) in [5, 5.41) is 0. The molecule has 3 heteroatoms. The van der Waals surface area contributed by atoms with Crippen molar-refractivity contribution in [2.75, 3.05) is 25.9 Å². The van der Waals surface area contributed by atoms with Gasteiger partial charge in [0.2, 0.25) is 0 Å². The van der Waals surface area contributed by atoms with E-state index in [-0.39, 0.29) is 5.60 Å². The first-order chi connectivity index (χ1) is 5.79. The third-order valence-electron chi connectivity index (χ3n) is 2.20. The number of rotatable bonds is 2. The van der Waals surface area contributed by atoms with E-state index in [0.717, 1.165) is 19.7 Å². The average molecular weight is 201 g/mol. The van der Waals surface area contributed by atoms with Crippen molar-refractivity contribution >= 4 is 8.07 Å². The smallest absolute Gasteiger partial charge is 0.0753 e. The Bertz CT molecular complexity index is 172. The van der Waals surface area contributed by atoms with Crippen molar-refractivity contribution in [2.45, 2.75) is 39.1 Å². The van der Waals surface area contributed by atoms with Gasteiger partial charge in [0.1, 0.15) is 0 Å². The molecule has 0 saturated carbocycles. The van der Waals surface area contributed by atoms with Crippen LogP contribution in [0, 0.1) is 0 Å². The van der Waals surface area contributed by atoms with E-state index < -0.39 is 8.07 Å². The molecule has 1 aliphatic rings. The highest BCUT2D eigenvalue weighted by Crippen LogP contribution is 2.17. The van der Waals surface area contributed by atoms with E-state index in [0.29, 0.717) is 0 Å². The summed E-state index contributed by atoms with van der Waals surface area (Å²) in [4.78, 5) is 2.57. The minimum atomic E-state index is -0.937. The first-order valence-corrected chi connectivity index (χ1v) is 8.86. The van der Waals surface area contributed by atoms with Crippen LogP contribution in [-0.2, 0) is 4.74 Å². The number of hydrogen-bond donors (Lipinski definition) is 0. The summed E-state index contributed by atoms with van der Waals surface area (Å²) in [6, 6.07) is 0. The largest absolute Gasteiger partial charge is 0.373 e. The highest BCUT2D eigenvalue weighted by Gasteiger charge is 2.29. The van der Waals surface area contributed by atoms with Gasteiger partial charge in [-0.05, 0) is 20.0 Å². The number of hydrogen-bond acceptors (Lipinski definition) is 2. The number of ether oxygens (including phenoxy) is 1. The second-order valence-corrected chi connectivity index (χ2v) is 11.3. The second-order valence-electron chi connectivity index (χ2n) is 5.88. The van der Waals surface area contributed by atoms with Gasteiger partial charge in [0, 0.05) is 13.1 Å². The van der Waals surface area contributed by atoms with Gasteiger partial charge < -0.3 is 9.64 Å². The summed E-state index contributed by atoms with van der Waals surface area (Å²) in [5.41, 5.74) is 0.0674. The van der Waals surface area contributed by atoms with Crippen LogP contribution in [0.1, 0.15) is 13.8 Å². The highest BCUT2D eigenvalue weighted by atomic mass is 28.3. The average Bonchev–Trinajstić information content (AvgIpc) is 1.79. The fourth-order valence-corrected chi connectivity index (χ4v) is 3.53. The summed E-state index contributed by atoms with van der Waals surface area (Å²) in [7, 11) is -0.937. The molecule has 1 saturated heterocycles. The topological polar surface area (TPSA) is 12.5 Å². The second kappa shape index (κ2) is 3.71. The SMILES string of the molecule is CC1(C)CN(C[Si](C)(C)C)CCO1. The lowest BCUT2D eigenvalue weighted by Gasteiger charge is -2.40. The molecule has 0 aromatic carbocycles. The van der Waals surface area contributed by atoms with Crippen molar-refractivity contribution in [2.24, 2.45) is 0 Å². The van der Waals surface area contributed by atoms with Gasteiger partial charge in [-0.25, -0.2) is 0 Å². The van der Waals surface area contributed by atoms with Crippen molar-refractivity contribution in [1.82, 2.24) is 4.90 Å². The zero-order valence-corrected chi connectivity index (χ0v) is 10.7. The zero-order valence-electron chi connectivity index (χ0n) is 9.68. The monoisotopic (exact) mass is 201 g/mol. The lowest BCUT2D eigenvalue weighted by atomic mass is 10.1. The van der Waals surface area contributed by atoms with Gasteiger partial charge in [0.25, 0.3) is 0 Å². The Kier molecular flexibility index (Phi) is 3.20. The van der Waals surface area contributed by atoms with Crippen molar-refractivity contribution in [1.29, 1.82) is 0 Å². The summed E-state index contributed by atoms with van der Waals surface area (Å²) in [6.45, 7) is 14.8. The van der Waals surface area contributed by atoms with E-state index >= 15 is 0 Å². The van der Waals surface area contributed by atoms with E-state index in [4.69, 9.17) is 4.74 Å². The number of morpholine rings is 1. The highest BCUT2D eigenvalue weighted by molar-refractivity contribution is 6.76. The summed E-state index contributed by atoms with van der Waals surface area (Å²) in [6.07, 6.45) is 1.31. The molecule has 0 radical (unpaired) electrons. The molecule has 13 heavy (non-hydrogen) atoms. The normalized spacial score (nSPS) is 24.7. The molecule has 0 bridgehead atoms. The van der Waals surface area contributed by atoms with Gasteiger partial charge >= 0.3 is 0 Å². The first-order valence-electron chi connectivity index (χ1n) is 5.15. The first kappa shape index (κ1) is 11.2. The van der Waals surface area contributed by atoms with Crippen LogP contribution in [0.5, 0.6) is 0 Å². The Hall–Kier alpha value is 0.137. The molecule has 78 valence electrons. The Morgan fingerprint density at radius 2 is 1.92 bits per heavy atom. The predicted molar refractivity (Wildman–Crippen MR) is 59.8 cm³/mol. The summed E-state index contributed by atoms with van der Waals surface area (Å²) >= 11 is 0. The van der Waals surface area contributed by atoms with Gasteiger partial charge in [-0.3, -0.25) is 0 Å². The molecule has 0 spiro atoms. The zero-order chi connectivity index (χ0) is 10.1. The minimum absolute atomic E-state index is 0.0674. The van der Waals surface area contributed by atoms with Crippen LogP contribution in [-0.4, -0.2) is 44.4 Å². The molecule has 0 amide bonds. The minimum Gasteiger partial charge on any atom is -0.373 e. The molecule has 0 atom stereocenters. The lowest BCUT2D eigenvalue weighted by molar-refractivity contribution is -0.0817. The van der Waals surface area contributed by atoms with Crippen molar-refractivity contribution in [3.05, 3.63) is 0 Å². The standard InChI is InChI=1S/C10H23NOSi/c1-10(2)8-11(6-7-12-10)9-13(3,4)5/h6-9H2,1-5H3. The van der Waals surface area contributed by atoms with Gasteiger partial charge in [-0.1, -0.05) is 19.6 Å². The summed E-state index contributed by atoms with van der Waals surface area (Å²) < 4.78 is 5.68. The van der Waals surface area contributed by atoms with Crippen molar-refractivity contribution < 1.29 is 4.74 Å². The fraction of sp³-hybridized carbons (Fsp3) is 1.00. The molecule has 0 aliphatic carbocycles. The van der Waals surface area contributed by atoms with E-state index in [1.54, 1.807) is 0 Å². The maximum absolute atomic E-state index is 5.68. The van der Waals surface area contributed by atoms with Gasteiger partial charge in [-0.15, -0.1) is 0 Å². The molecular weight excluding hydrogens is 178 g/mol. The molecule has 1 heterocycles. The number of nitrogens with zero attached hydrogens (tertiary/aromatic N) is 1. The van der Waals surface area contributed by atoms with Crippen LogP contribution >= 0.6 is 0 Å². The van der Waals surface area contributed by atoms with E-state index in [2.05, 4.69) is 38.4 Å². The van der Waals surface area contributed by atoms with Crippen LogP contribution in [0.4, 0.5) is 0 Å². The molecule has 1 rings (SSSR count). The molecular formula is C10H23NOSi. The van der Waals surface area contributed by atoms with E-state index in [9.17, 15) is 0 Å². The van der Waals surface area contributed by atoms with Crippen molar-refractivity contribution in [3.8, 4) is 0 Å². The molecule has 0 aromatic rings. The van der Waals surface area contributed by atoms with E-state index in [1.165, 1.54) is 6.17 Å². The Morgan fingerprint density at radius 1 is 1.31 bits per heavy atom. The van der Waals surface area contributed by atoms with Gasteiger partial charge in [0.15, 0.2) is 0 Å². The predicted octanol–water partition coefficient (Wildman–Crippen LogP) is 1.97.